The van der Waals surface area contributed by atoms with Gasteiger partial charge in [-0.25, -0.2) is 0 Å². The Morgan fingerprint density at radius 1 is 1.45 bits per heavy atom. The average Bonchev–Trinajstić information content (AvgIpc) is 3.04. The van der Waals surface area contributed by atoms with Gasteiger partial charge in [0.25, 0.3) is 0 Å². The molecule has 0 radical (unpaired) electrons. The van der Waals surface area contributed by atoms with Gasteiger partial charge in [0.05, 0.1) is 6.61 Å². The number of furan rings is 1. The lowest BCUT2D eigenvalue weighted by atomic mass is 10.0. The number of hydrogen-bond acceptors (Lipinski definition) is 7. The molecule has 3 atom stereocenters. The van der Waals surface area contributed by atoms with E-state index in [1.54, 1.807) is 12.1 Å². The van der Waals surface area contributed by atoms with Crippen LogP contribution in [0.5, 0.6) is 0 Å². The second kappa shape index (κ2) is 6.29. The van der Waals surface area contributed by atoms with Crippen LogP contribution in [-0.4, -0.2) is 53.3 Å². The first-order valence-corrected chi connectivity index (χ1v) is 6.03. The van der Waals surface area contributed by atoms with Crippen LogP contribution in [0, 0.1) is 0 Å². The zero-order chi connectivity index (χ0) is 14.7. The molecule has 2 rings (SSSR count). The normalized spacial score (nSPS) is 26.4. The highest BCUT2D eigenvalue weighted by Crippen LogP contribution is 2.28. The van der Waals surface area contributed by atoms with Gasteiger partial charge < -0.3 is 29.2 Å². The van der Waals surface area contributed by atoms with Crippen LogP contribution < -0.4 is 0 Å². The summed E-state index contributed by atoms with van der Waals surface area (Å²) >= 11 is 0. The maximum absolute atomic E-state index is 12.0. The standard InChI is InChI=1S/C13H16O7/c1-18-13-11(17)9(12(20-13)10(16)6-15)4-7-2-3-8(5-14)19-7/h2-4,10,12-16H,5-6H2,1H3/b9-4+/t10?,12-,13-/m0/s1. The Labute approximate surface area is 115 Å². The van der Waals surface area contributed by atoms with Crippen molar-refractivity contribution in [3.05, 3.63) is 29.2 Å². The van der Waals surface area contributed by atoms with Gasteiger partial charge in [-0.3, -0.25) is 4.79 Å². The molecule has 3 N–H and O–H groups in total. The quantitative estimate of drug-likeness (QED) is 0.622. The van der Waals surface area contributed by atoms with Gasteiger partial charge in [0.1, 0.15) is 30.3 Å². The average molecular weight is 284 g/mol. The van der Waals surface area contributed by atoms with E-state index >= 15 is 0 Å². The SMILES string of the molecule is CO[C@H]1O[C@H](C(O)CO)/C(=C/c2ccc(CO)o2)C1=O. The zero-order valence-electron chi connectivity index (χ0n) is 10.9. The first-order valence-electron chi connectivity index (χ1n) is 6.03. The summed E-state index contributed by atoms with van der Waals surface area (Å²) in [4.78, 5) is 12.0. The summed E-state index contributed by atoms with van der Waals surface area (Å²) in [5.41, 5.74) is 0.150. The summed E-state index contributed by atoms with van der Waals surface area (Å²) in [5, 5.41) is 27.6. The van der Waals surface area contributed by atoms with E-state index in [0.29, 0.717) is 11.5 Å². The minimum atomic E-state index is -1.24. The molecule has 0 saturated carbocycles. The maximum atomic E-state index is 12.0. The number of aliphatic hydroxyl groups is 3. The molecular formula is C13H16O7. The van der Waals surface area contributed by atoms with Crippen LogP contribution in [0.4, 0.5) is 0 Å². The van der Waals surface area contributed by atoms with E-state index < -0.39 is 30.9 Å². The molecule has 0 bridgehead atoms. The zero-order valence-corrected chi connectivity index (χ0v) is 10.9. The van der Waals surface area contributed by atoms with Gasteiger partial charge in [0.15, 0.2) is 0 Å². The third kappa shape index (κ3) is 2.82. The van der Waals surface area contributed by atoms with Crippen LogP contribution in [0.1, 0.15) is 11.5 Å². The Morgan fingerprint density at radius 3 is 2.75 bits per heavy atom. The second-order valence-electron chi connectivity index (χ2n) is 4.30. The Morgan fingerprint density at radius 2 is 2.20 bits per heavy atom. The third-order valence-electron chi connectivity index (χ3n) is 2.96. The van der Waals surface area contributed by atoms with Crippen LogP contribution >= 0.6 is 0 Å². The summed E-state index contributed by atoms with van der Waals surface area (Å²) in [6.07, 6.45) is -1.93. The molecule has 1 saturated heterocycles. The molecule has 7 nitrogen and oxygen atoms in total. The number of carbonyl (C=O) groups is 1. The fourth-order valence-corrected chi connectivity index (χ4v) is 1.96. The van der Waals surface area contributed by atoms with Gasteiger partial charge in [-0.15, -0.1) is 0 Å². The summed E-state index contributed by atoms with van der Waals surface area (Å²) < 4.78 is 15.4. The number of aliphatic hydroxyl groups excluding tert-OH is 3. The highest BCUT2D eigenvalue weighted by atomic mass is 16.7. The molecule has 0 aromatic carbocycles. The maximum Gasteiger partial charge on any atom is 0.222 e. The molecule has 110 valence electrons. The third-order valence-corrected chi connectivity index (χ3v) is 2.96. The van der Waals surface area contributed by atoms with Crippen molar-refractivity contribution in [1.29, 1.82) is 0 Å². The summed E-state index contributed by atoms with van der Waals surface area (Å²) in [6.45, 7) is -0.803. The summed E-state index contributed by atoms with van der Waals surface area (Å²) in [5.74, 6) is 0.255. The number of methoxy groups -OCH3 is 1. The van der Waals surface area contributed by atoms with E-state index in [2.05, 4.69) is 0 Å². The molecule has 1 aliphatic rings. The molecule has 1 aromatic heterocycles. The van der Waals surface area contributed by atoms with Crippen molar-refractivity contribution in [1.82, 2.24) is 0 Å². The van der Waals surface area contributed by atoms with E-state index in [1.807, 2.05) is 0 Å². The van der Waals surface area contributed by atoms with E-state index in [1.165, 1.54) is 13.2 Å². The minimum absolute atomic E-state index is 0.150. The van der Waals surface area contributed by atoms with E-state index in [-0.39, 0.29) is 12.2 Å². The summed E-state index contributed by atoms with van der Waals surface area (Å²) in [6, 6.07) is 3.15. The molecule has 1 fully saturated rings. The molecular weight excluding hydrogens is 268 g/mol. The molecule has 0 aliphatic carbocycles. The molecule has 20 heavy (non-hydrogen) atoms. The van der Waals surface area contributed by atoms with E-state index in [4.69, 9.17) is 24.1 Å². The first-order chi connectivity index (χ1) is 9.60. The van der Waals surface area contributed by atoms with Gasteiger partial charge in [-0.2, -0.15) is 0 Å². The molecule has 7 heteroatoms. The van der Waals surface area contributed by atoms with Crippen molar-refractivity contribution >= 4 is 11.9 Å². The Hall–Kier alpha value is -1.51. The number of Topliss-reactive ketones (excluding diaryl/α,β-unsaturated/α-hetero) is 1. The number of ketones is 1. The number of hydrogen-bond donors (Lipinski definition) is 3. The van der Waals surface area contributed by atoms with E-state index in [0.717, 1.165) is 0 Å². The molecule has 1 aliphatic heterocycles. The van der Waals surface area contributed by atoms with Gasteiger partial charge >= 0.3 is 0 Å². The fraction of sp³-hybridized carbons (Fsp3) is 0.462. The highest BCUT2D eigenvalue weighted by molar-refractivity contribution is 6.04. The Kier molecular flexibility index (Phi) is 4.69. The van der Waals surface area contributed by atoms with Crippen molar-refractivity contribution in [2.45, 2.75) is 25.1 Å². The lowest BCUT2D eigenvalue weighted by molar-refractivity contribution is -0.159. The number of carbonyl (C=O) groups excluding carboxylic acids is 1. The highest BCUT2D eigenvalue weighted by Gasteiger charge is 2.42. The van der Waals surface area contributed by atoms with Crippen molar-refractivity contribution in [3.8, 4) is 0 Å². The van der Waals surface area contributed by atoms with Gasteiger partial charge in [-0.05, 0) is 18.2 Å². The monoisotopic (exact) mass is 284 g/mol. The van der Waals surface area contributed by atoms with Crippen LogP contribution in [0.2, 0.25) is 0 Å². The van der Waals surface area contributed by atoms with Gasteiger partial charge in [0.2, 0.25) is 12.1 Å². The van der Waals surface area contributed by atoms with Crippen LogP contribution in [0.3, 0.4) is 0 Å². The predicted molar refractivity (Wildman–Crippen MR) is 66.4 cm³/mol. The number of ether oxygens (including phenoxy) is 2. The topological polar surface area (TPSA) is 109 Å². The second-order valence-corrected chi connectivity index (χ2v) is 4.30. The summed E-state index contributed by atoms with van der Waals surface area (Å²) in [7, 11) is 1.31. The van der Waals surface area contributed by atoms with Crippen molar-refractivity contribution in [2.75, 3.05) is 13.7 Å². The van der Waals surface area contributed by atoms with Crippen molar-refractivity contribution in [2.24, 2.45) is 0 Å². The minimum Gasteiger partial charge on any atom is -0.459 e. The van der Waals surface area contributed by atoms with E-state index in [9.17, 15) is 9.90 Å². The largest absolute Gasteiger partial charge is 0.459 e. The Bertz CT molecular complexity index is 505. The van der Waals surface area contributed by atoms with Gasteiger partial charge in [0, 0.05) is 12.7 Å². The molecule has 1 aromatic rings. The fourth-order valence-electron chi connectivity index (χ4n) is 1.96. The number of rotatable bonds is 5. The van der Waals surface area contributed by atoms with Crippen molar-refractivity contribution in [3.63, 3.8) is 0 Å². The Balaban J connectivity index is 2.31. The van der Waals surface area contributed by atoms with Gasteiger partial charge in [-0.1, -0.05) is 0 Å². The van der Waals surface area contributed by atoms with Crippen LogP contribution in [0.15, 0.2) is 22.1 Å². The molecule has 1 unspecified atom stereocenters. The molecule has 2 heterocycles. The molecule has 0 amide bonds. The first kappa shape index (κ1) is 14.9. The lowest BCUT2D eigenvalue weighted by Gasteiger charge is -2.16. The van der Waals surface area contributed by atoms with Crippen molar-refractivity contribution < 1.29 is 34.0 Å². The van der Waals surface area contributed by atoms with Crippen LogP contribution in [0.25, 0.3) is 6.08 Å². The lowest BCUT2D eigenvalue weighted by Crippen LogP contribution is -2.31. The predicted octanol–water partition coefficient (Wildman–Crippen LogP) is -0.551. The smallest absolute Gasteiger partial charge is 0.222 e. The molecule has 0 spiro atoms. The van der Waals surface area contributed by atoms with Crippen LogP contribution in [-0.2, 0) is 20.9 Å².